The number of rotatable bonds is 7. The molecule has 0 bridgehead atoms. The molecule has 0 fully saturated rings. The van der Waals surface area contributed by atoms with Crippen molar-refractivity contribution in [1.82, 2.24) is 10.2 Å². The Labute approximate surface area is 160 Å². The average molecular weight is 387 g/mol. The molecular formula is C19H28Cl2N2O2. The fraction of sp³-hybridized carbons (Fsp3) is 0.579. The van der Waals surface area contributed by atoms with Crippen LogP contribution in [0.3, 0.4) is 0 Å². The van der Waals surface area contributed by atoms with Crippen LogP contribution in [0.2, 0.25) is 10.0 Å². The van der Waals surface area contributed by atoms with Crippen LogP contribution >= 0.6 is 23.2 Å². The Hall–Kier alpha value is -1.26. The molecule has 6 heteroatoms. The fourth-order valence-electron chi connectivity index (χ4n) is 2.56. The van der Waals surface area contributed by atoms with Crippen LogP contribution in [0.1, 0.15) is 59.4 Å². The summed E-state index contributed by atoms with van der Waals surface area (Å²) in [7, 11) is 0. The standard InChI is InChI=1S/C19H28Cl2N2O2/c1-6-8-17(24)23(12-13-9-10-14(20)15(21)11-13)16(7-2)18(25)22-19(3,4)5/h9-11,16H,6-8,12H2,1-5H3,(H,22,25). The van der Waals surface area contributed by atoms with Gasteiger partial charge in [0.25, 0.3) is 0 Å². The molecule has 0 aromatic heterocycles. The Kier molecular flexibility index (Phi) is 8.23. The number of halogens is 2. The van der Waals surface area contributed by atoms with Crippen molar-refractivity contribution >= 4 is 35.0 Å². The van der Waals surface area contributed by atoms with Gasteiger partial charge < -0.3 is 10.2 Å². The van der Waals surface area contributed by atoms with E-state index in [9.17, 15) is 9.59 Å². The topological polar surface area (TPSA) is 49.4 Å². The molecule has 0 saturated carbocycles. The van der Waals surface area contributed by atoms with Gasteiger partial charge in [-0.25, -0.2) is 0 Å². The van der Waals surface area contributed by atoms with Crippen LogP contribution < -0.4 is 5.32 Å². The minimum atomic E-state index is -0.521. The van der Waals surface area contributed by atoms with Crippen LogP contribution in [-0.4, -0.2) is 28.3 Å². The van der Waals surface area contributed by atoms with Crippen LogP contribution in [0, 0.1) is 0 Å². The first-order valence-electron chi connectivity index (χ1n) is 8.64. The van der Waals surface area contributed by atoms with E-state index >= 15 is 0 Å². The molecule has 0 aliphatic rings. The summed E-state index contributed by atoms with van der Waals surface area (Å²) in [4.78, 5) is 27.0. The lowest BCUT2D eigenvalue weighted by atomic mass is 10.0. The summed E-state index contributed by atoms with van der Waals surface area (Å²) in [6, 6.07) is 4.75. The second-order valence-corrected chi connectivity index (χ2v) is 8.00. The Morgan fingerprint density at radius 3 is 2.28 bits per heavy atom. The molecule has 2 amide bonds. The van der Waals surface area contributed by atoms with E-state index in [1.54, 1.807) is 17.0 Å². The third-order valence-electron chi connectivity index (χ3n) is 3.68. The van der Waals surface area contributed by atoms with Gasteiger partial charge >= 0.3 is 0 Å². The number of benzene rings is 1. The lowest BCUT2D eigenvalue weighted by molar-refractivity contribution is -0.142. The van der Waals surface area contributed by atoms with Crippen LogP contribution in [0.5, 0.6) is 0 Å². The second-order valence-electron chi connectivity index (χ2n) is 7.18. The van der Waals surface area contributed by atoms with Gasteiger partial charge in [-0.15, -0.1) is 0 Å². The fourth-order valence-corrected chi connectivity index (χ4v) is 2.89. The summed E-state index contributed by atoms with van der Waals surface area (Å²) in [6.07, 6.45) is 1.67. The molecule has 1 rings (SSSR count). The predicted molar refractivity (Wildman–Crippen MR) is 104 cm³/mol. The molecule has 1 aromatic carbocycles. The highest BCUT2D eigenvalue weighted by Crippen LogP contribution is 2.24. The van der Waals surface area contributed by atoms with Gasteiger partial charge in [-0.3, -0.25) is 9.59 Å². The van der Waals surface area contributed by atoms with Crippen molar-refractivity contribution in [1.29, 1.82) is 0 Å². The maximum Gasteiger partial charge on any atom is 0.243 e. The summed E-state index contributed by atoms with van der Waals surface area (Å²) < 4.78 is 0. The lowest BCUT2D eigenvalue weighted by Crippen LogP contribution is -2.53. The molecule has 0 heterocycles. The molecular weight excluding hydrogens is 359 g/mol. The largest absolute Gasteiger partial charge is 0.350 e. The van der Waals surface area contributed by atoms with Crippen LogP contribution in [-0.2, 0) is 16.1 Å². The second kappa shape index (κ2) is 9.44. The zero-order valence-corrected chi connectivity index (χ0v) is 17.2. The van der Waals surface area contributed by atoms with Crippen molar-refractivity contribution in [3.8, 4) is 0 Å². The first-order chi connectivity index (χ1) is 11.6. The highest BCUT2D eigenvalue weighted by molar-refractivity contribution is 6.42. The summed E-state index contributed by atoms with van der Waals surface area (Å²) >= 11 is 12.1. The van der Waals surface area contributed by atoms with E-state index in [4.69, 9.17) is 23.2 Å². The number of carbonyl (C=O) groups is 2. The number of hydrogen-bond donors (Lipinski definition) is 1. The first-order valence-corrected chi connectivity index (χ1v) is 9.40. The number of nitrogens with one attached hydrogen (secondary N) is 1. The summed E-state index contributed by atoms with van der Waals surface area (Å²) in [5, 5.41) is 3.88. The lowest BCUT2D eigenvalue weighted by Gasteiger charge is -2.33. The monoisotopic (exact) mass is 386 g/mol. The highest BCUT2D eigenvalue weighted by Gasteiger charge is 2.30. The van der Waals surface area contributed by atoms with E-state index in [0.29, 0.717) is 29.4 Å². The van der Waals surface area contributed by atoms with Crippen molar-refractivity contribution in [3.05, 3.63) is 33.8 Å². The average Bonchev–Trinajstić information content (AvgIpc) is 2.49. The minimum Gasteiger partial charge on any atom is -0.350 e. The Morgan fingerprint density at radius 1 is 1.16 bits per heavy atom. The van der Waals surface area contributed by atoms with Crippen molar-refractivity contribution in [3.63, 3.8) is 0 Å². The summed E-state index contributed by atoms with van der Waals surface area (Å²) in [5.74, 6) is -0.177. The van der Waals surface area contributed by atoms with Gasteiger partial charge in [0.05, 0.1) is 10.0 Å². The molecule has 1 N–H and O–H groups in total. The maximum atomic E-state index is 12.7. The smallest absolute Gasteiger partial charge is 0.243 e. The van der Waals surface area contributed by atoms with Crippen molar-refractivity contribution in [2.45, 2.75) is 72.0 Å². The van der Waals surface area contributed by atoms with Gasteiger partial charge in [0.1, 0.15) is 6.04 Å². The third-order valence-corrected chi connectivity index (χ3v) is 4.42. The van der Waals surface area contributed by atoms with E-state index in [1.165, 1.54) is 0 Å². The molecule has 1 atom stereocenters. The summed E-state index contributed by atoms with van der Waals surface area (Å²) in [6.45, 7) is 9.96. The molecule has 1 aromatic rings. The number of hydrogen-bond acceptors (Lipinski definition) is 2. The van der Waals surface area contributed by atoms with E-state index in [1.807, 2.05) is 40.7 Å². The van der Waals surface area contributed by atoms with Gasteiger partial charge in [-0.2, -0.15) is 0 Å². The Morgan fingerprint density at radius 2 is 1.80 bits per heavy atom. The molecule has 0 radical (unpaired) electrons. The third kappa shape index (κ3) is 6.87. The molecule has 140 valence electrons. The zero-order valence-electron chi connectivity index (χ0n) is 15.7. The van der Waals surface area contributed by atoms with Crippen LogP contribution in [0.25, 0.3) is 0 Å². The number of amides is 2. The first kappa shape index (κ1) is 21.8. The molecule has 0 saturated heterocycles. The van der Waals surface area contributed by atoms with Gasteiger partial charge in [-0.1, -0.05) is 43.1 Å². The van der Waals surface area contributed by atoms with Gasteiger partial charge in [0.15, 0.2) is 0 Å². The Balaban J connectivity index is 3.10. The van der Waals surface area contributed by atoms with Gasteiger partial charge in [0.2, 0.25) is 11.8 Å². The van der Waals surface area contributed by atoms with Crippen LogP contribution in [0.15, 0.2) is 18.2 Å². The van der Waals surface area contributed by atoms with E-state index in [-0.39, 0.29) is 17.4 Å². The van der Waals surface area contributed by atoms with Crippen molar-refractivity contribution in [2.24, 2.45) is 0 Å². The van der Waals surface area contributed by atoms with Gasteiger partial charge in [-0.05, 0) is 51.3 Å². The van der Waals surface area contributed by atoms with Gasteiger partial charge in [0, 0.05) is 18.5 Å². The predicted octanol–water partition coefficient (Wildman–Crippen LogP) is 4.82. The number of nitrogens with zero attached hydrogens (tertiary/aromatic N) is 1. The molecule has 25 heavy (non-hydrogen) atoms. The zero-order chi connectivity index (χ0) is 19.2. The van der Waals surface area contributed by atoms with E-state index < -0.39 is 6.04 Å². The highest BCUT2D eigenvalue weighted by atomic mass is 35.5. The number of carbonyl (C=O) groups excluding carboxylic acids is 2. The maximum absolute atomic E-state index is 12.7. The van der Waals surface area contributed by atoms with Crippen LogP contribution in [0.4, 0.5) is 0 Å². The van der Waals surface area contributed by atoms with E-state index in [0.717, 1.165) is 12.0 Å². The SMILES string of the molecule is CCCC(=O)N(Cc1ccc(Cl)c(Cl)c1)C(CC)C(=O)NC(C)(C)C. The normalized spacial score (nSPS) is 12.6. The Bertz CT molecular complexity index is 612. The molecule has 1 unspecified atom stereocenters. The summed E-state index contributed by atoms with van der Waals surface area (Å²) in [5.41, 5.74) is 0.494. The molecule has 0 aliphatic carbocycles. The quantitative estimate of drug-likeness (QED) is 0.730. The molecule has 0 spiro atoms. The minimum absolute atomic E-state index is 0.0375. The van der Waals surface area contributed by atoms with E-state index in [2.05, 4.69) is 5.32 Å². The molecule has 4 nitrogen and oxygen atoms in total. The van der Waals surface area contributed by atoms with Crippen molar-refractivity contribution in [2.75, 3.05) is 0 Å². The van der Waals surface area contributed by atoms with Crippen molar-refractivity contribution < 1.29 is 9.59 Å². The molecule has 0 aliphatic heterocycles.